The molecule has 4 heteroatoms. The van der Waals surface area contributed by atoms with Gasteiger partial charge in [-0.1, -0.05) is 13.8 Å². The molecule has 0 aliphatic heterocycles. The maximum absolute atomic E-state index is 4.69. The summed E-state index contributed by atoms with van der Waals surface area (Å²) in [5, 5.41) is 0. The van der Waals surface area contributed by atoms with E-state index in [1.165, 1.54) is 0 Å². The summed E-state index contributed by atoms with van der Waals surface area (Å²) in [6.45, 7) is 5.33. The molecule has 0 aliphatic carbocycles. The SMILES string of the molecule is CCCO[N-]OCCC.[Ti]. The Labute approximate surface area is 77.3 Å². The standard InChI is InChI=1S/C6H14NO2.Ti/c1-3-5-8-7-9-6-4-2;/h3-6H2,1-2H3;/q-1;. The van der Waals surface area contributed by atoms with Crippen LogP contribution in [0.2, 0.25) is 0 Å². The van der Waals surface area contributed by atoms with Gasteiger partial charge in [0, 0.05) is 34.9 Å². The van der Waals surface area contributed by atoms with Crippen molar-refractivity contribution in [2.75, 3.05) is 13.2 Å². The second-order valence-electron chi connectivity index (χ2n) is 1.74. The summed E-state index contributed by atoms with van der Waals surface area (Å²) in [6.07, 6.45) is 1.94. The molecular formula is C6H14NO2Ti-. The van der Waals surface area contributed by atoms with Crippen LogP contribution in [0.4, 0.5) is 0 Å². The van der Waals surface area contributed by atoms with Crippen LogP contribution in [0.25, 0.3) is 5.64 Å². The van der Waals surface area contributed by atoms with Crippen molar-refractivity contribution in [2.45, 2.75) is 26.7 Å². The van der Waals surface area contributed by atoms with Gasteiger partial charge in [-0.15, -0.1) is 0 Å². The van der Waals surface area contributed by atoms with Gasteiger partial charge in [-0.3, -0.25) is 0 Å². The first-order chi connectivity index (χ1) is 4.41. The molecule has 0 unspecified atom stereocenters. The van der Waals surface area contributed by atoms with E-state index in [1.54, 1.807) is 0 Å². The molecule has 0 aromatic rings. The van der Waals surface area contributed by atoms with E-state index in [2.05, 4.69) is 15.3 Å². The summed E-state index contributed by atoms with van der Waals surface area (Å²) in [7, 11) is 0. The predicted octanol–water partition coefficient (Wildman–Crippen LogP) is 2.04. The van der Waals surface area contributed by atoms with E-state index in [-0.39, 0.29) is 21.7 Å². The van der Waals surface area contributed by atoms with E-state index in [1.807, 2.05) is 13.8 Å². The summed E-state index contributed by atoms with van der Waals surface area (Å²) in [5.74, 6) is 0. The summed E-state index contributed by atoms with van der Waals surface area (Å²) in [6, 6.07) is 0. The van der Waals surface area contributed by atoms with Gasteiger partial charge < -0.3 is 15.3 Å². The topological polar surface area (TPSA) is 32.6 Å². The Bertz CT molecular complexity index is 49.0. The predicted molar refractivity (Wildman–Crippen MR) is 35.8 cm³/mol. The van der Waals surface area contributed by atoms with Crippen molar-refractivity contribution in [3.63, 3.8) is 0 Å². The molecule has 10 heavy (non-hydrogen) atoms. The van der Waals surface area contributed by atoms with E-state index in [4.69, 9.17) is 0 Å². The molecule has 3 nitrogen and oxygen atoms in total. The van der Waals surface area contributed by atoms with Crippen LogP contribution in [0, 0.1) is 0 Å². The van der Waals surface area contributed by atoms with Crippen molar-refractivity contribution in [1.29, 1.82) is 0 Å². The molecule has 0 radical (unpaired) electrons. The second kappa shape index (κ2) is 12.3. The van der Waals surface area contributed by atoms with Crippen LogP contribution in [0.1, 0.15) is 26.7 Å². The van der Waals surface area contributed by atoms with Crippen molar-refractivity contribution in [3.05, 3.63) is 5.64 Å². The largest absolute Gasteiger partial charge is 0.462 e. The third-order valence-electron chi connectivity index (χ3n) is 0.696. The number of hydrogen-bond donors (Lipinski definition) is 0. The second-order valence-corrected chi connectivity index (χ2v) is 1.74. The Morgan fingerprint density at radius 1 is 1.00 bits per heavy atom. The molecule has 0 aromatic carbocycles. The molecule has 60 valence electrons. The maximum atomic E-state index is 4.69. The molecule has 0 atom stereocenters. The van der Waals surface area contributed by atoms with E-state index in [9.17, 15) is 0 Å². The van der Waals surface area contributed by atoms with Crippen molar-refractivity contribution < 1.29 is 31.4 Å². The van der Waals surface area contributed by atoms with Crippen LogP contribution in [0.15, 0.2) is 0 Å². The van der Waals surface area contributed by atoms with E-state index < -0.39 is 0 Å². The number of rotatable bonds is 6. The molecule has 0 rings (SSSR count). The number of nitrogens with zero attached hydrogens (tertiary/aromatic N) is 1. The first-order valence-electron chi connectivity index (χ1n) is 3.36. The fourth-order valence-electron chi connectivity index (χ4n) is 0.294. The minimum absolute atomic E-state index is 0. The zero-order valence-electron chi connectivity index (χ0n) is 6.59. The minimum Gasteiger partial charge on any atom is -0.462 e. The Kier molecular flexibility index (Phi) is 16.2. The summed E-state index contributed by atoms with van der Waals surface area (Å²) >= 11 is 0. The molecule has 0 bridgehead atoms. The first-order valence-corrected chi connectivity index (χ1v) is 3.36. The van der Waals surface area contributed by atoms with Crippen molar-refractivity contribution in [1.82, 2.24) is 0 Å². The molecule has 0 spiro atoms. The quantitative estimate of drug-likeness (QED) is 0.356. The molecule has 0 saturated carbocycles. The Balaban J connectivity index is 0. The summed E-state index contributed by atoms with van der Waals surface area (Å²) < 4.78 is 0. The summed E-state index contributed by atoms with van der Waals surface area (Å²) in [5.41, 5.74) is 3.35. The smallest absolute Gasteiger partial charge is 0.0264 e. The van der Waals surface area contributed by atoms with Crippen LogP contribution in [0.5, 0.6) is 0 Å². The Hall–Kier alpha value is 0.594. The third-order valence-corrected chi connectivity index (χ3v) is 0.696. The fourth-order valence-corrected chi connectivity index (χ4v) is 0.294. The first kappa shape index (κ1) is 13.2. The van der Waals surface area contributed by atoms with Gasteiger partial charge in [0.15, 0.2) is 0 Å². The van der Waals surface area contributed by atoms with Gasteiger partial charge in [0.2, 0.25) is 0 Å². The normalized spacial score (nSPS) is 9.00. The Morgan fingerprint density at radius 3 is 1.70 bits per heavy atom. The molecule has 0 saturated heterocycles. The molecule has 0 aliphatic rings. The van der Waals surface area contributed by atoms with E-state index >= 15 is 0 Å². The molecule has 0 aromatic heterocycles. The van der Waals surface area contributed by atoms with Gasteiger partial charge in [0.25, 0.3) is 0 Å². The van der Waals surface area contributed by atoms with Gasteiger partial charge in [0.1, 0.15) is 0 Å². The van der Waals surface area contributed by atoms with Crippen molar-refractivity contribution in [3.8, 4) is 0 Å². The van der Waals surface area contributed by atoms with Crippen LogP contribution in [0.3, 0.4) is 0 Å². The van der Waals surface area contributed by atoms with E-state index in [0.29, 0.717) is 13.2 Å². The molecule has 0 heterocycles. The van der Waals surface area contributed by atoms with Gasteiger partial charge in [-0.2, -0.15) is 0 Å². The third kappa shape index (κ3) is 11.4. The number of hydrogen-bond acceptors (Lipinski definition) is 2. The Morgan fingerprint density at radius 2 is 1.40 bits per heavy atom. The van der Waals surface area contributed by atoms with Crippen LogP contribution >= 0.6 is 0 Å². The van der Waals surface area contributed by atoms with Gasteiger partial charge >= 0.3 is 0 Å². The maximum Gasteiger partial charge on any atom is 0.0264 e. The molecule has 0 amide bonds. The fraction of sp³-hybridized carbons (Fsp3) is 1.00. The van der Waals surface area contributed by atoms with Gasteiger partial charge in [0.05, 0.1) is 0 Å². The average Bonchev–Trinajstić information content (AvgIpc) is 1.89. The monoisotopic (exact) mass is 180 g/mol. The van der Waals surface area contributed by atoms with Crippen LogP contribution in [-0.4, -0.2) is 13.2 Å². The van der Waals surface area contributed by atoms with Gasteiger partial charge in [-0.05, 0) is 12.8 Å². The van der Waals surface area contributed by atoms with Crippen molar-refractivity contribution >= 4 is 0 Å². The van der Waals surface area contributed by atoms with Crippen molar-refractivity contribution in [2.24, 2.45) is 0 Å². The zero-order valence-corrected chi connectivity index (χ0v) is 8.15. The minimum atomic E-state index is 0. The van der Waals surface area contributed by atoms with Gasteiger partial charge in [-0.25, -0.2) is 0 Å². The zero-order chi connectivity index (χ0) is 6.95. The molecular weight excluding hydrogens is 166 g/mol. The van der Waals surface area contributed by atoms with Crippen LogP contribution < -0.4 is 0 Å². The van der Waals surface area contributed by atoms with Crippen LogP contribution in [-0.2, 0) is 31.4 Å². The summed E-state index contributed by atoms with van der Waals surface area (Å²) in [4.78, 5) is 9.38. The molecule has 0 N–H and O–H groups in total. The average molecular weight is 180 g/mol. The van der Waals surface area contributed by atoms with E-state index in [0.717, 1.165) is 12.8 Å². The molecule has 0 fully saturated rings.